The van der Waals surface area contributed by atoms with Crippen molar-refractivity contribution in [3.8, 4) is 0 Å². The van der Waals surface area contributed by atoms with Crippen LogP contribution in [0.4, 0.5) is 8.78 Å². The highest BCUT2D eigenvalue weighted by atomic mass is 19.1. The molecule has 0 bridgehead atoms. The highest BCUT2D eigenvalue weighted by Crippen LogP contribution is 2.18. The highest BCUT2D eigenvalue weighted by molar-refractivity contribution is 5.94. The SMILES string of the molecule is N[C@@H]1CCCC[C@H]1NC(=O)c1ccc(F)cc1F. The number of carbonyl (C=O) groups is 1. The van der Waals surface area contributed by atoms with Gasteiger partial charge in [0.05, 0.1) is 5.56 Å². The first-order valence-electron chi connectivity index (χ1n) is 6.09. The van der Waals surface area contributed by atoms with Crippen molar-refractivity contribution in [2.24, 2.45) is 5.73 Å². The van der Waals surface area contributed by atoms with E-state index >= 15 is 0 Å². The Hall–Kier alpha value is -1.49. The molecule has 18 heavy (non-hydrogen) atoms. The molecule has 1 amide bonds. The fourth-order valence-electron chi connectivity index (χ4n) is 2.26. The standard InChI is InChI=1S/C13H16F2N2O/c14-8-5-6-9(10(15)7-8)13(18)17-12-4-2-1-3-11(12)16/h5-7,11-12H,1-4,16H2,(H,17,18)/t11-,12-/m1/s1. The first kappa shape index (κ1) is 13.0. The van der Waals surface area contributed by atoms with Gasteiger partial charge in [-0.15, -0.1) is 0 Å². The van der Waals surface area contributed by atoms with Gasteiger partial charge in [-0.2, -0.15) is 0 Å². The van der Waals surface area contributed by atoms with Crippen molar-refractivity contribution in [3.05, 3.63) is 35.4 Å². The van der Waals surface area contributed by atoms with Gasteiger partial charge in [0.25, 0.3) is 5.91 Å². The van der Waals surface area contributed by atoms with Gasteiger partial charge in [-0.25, -0.2) is 8.78 Å². The maximum absolute atomic E-state index is 13.4. The molecule has 98 valence electrons. The lowest BCUT2D eigenvalue weighted by Gasteiger charge is -2.29. The molecule has 0 aromatic heterocycles. The number of hydrogen-bond donors (Lipinski definition) is 2. The average molecular weight is 254 g/mol. The molecule has 1 aliphatic rings. The summed E-state index contributed by atoms with van der Waals surface area (Å²) in [4.78, 5) is 11.9. The van der Waals surface area contributed by atoms with Gasteiger partial charge in [-0.05, 0) is 25.0 Å². The molecule has 3 nitrogen and oxygen atoms in total. The topological polar surface area (TPSA) is 55.1 Å². The lowest BCUT2D eigenvalue weighted by atomic mass is 9.91. The van der Waals surface area contributed by atoms with Crippen LogP contribution < -0.4 is 11.1 Å². The van der Waals surface area contributed by atoms with Crippen LogP contribution in [0.15, 0.2) is 18.2 Å². The smallest absolute Gasteiger partial charge is 0.254 e. The van der Waals surface area contributed by atoms with E-state index in [1.54, 1.807) is 0 Å². The lowest BCUT2D eigenvalue weighted by Crippen LogP contribution is -2.49. The predicted octanol–water partition coefficient (Wildman–Crippen LogP) is 1.96. The number of nitrogens with one attached hydrogen (secondary N) is 1. The molecule has 0 aliphatic heterocycles. The molecule has 0 saturated heterocycles. The summed E-state index contributed by atoms with van der Waals surface area (Å²) in [6.45, 7) is 0. The normalized spacial score (nSPS) is 23.7. The number of rotatable bonds is 2. The quantitative estimate of drug-likeness (QED) is 0.847. The number of nitrogens with two attached hydrogens (primary N) is 1. The summed E-state index contributed by atoms with van der Waals surface area (Å²) in [5, 5.41) is 2.72. The summed E-state index contributed by atoms with van der Waals surface area (Å²) in [6, 6.07) is 2.70. The Balaban J connectivity index is 2.07. The van der Waals surface area contributed by atoms with E-state index in [2.05, 4.69) is 5.32 Å². The van der Waals surface area contributed by atoms with Crippen LogP contribution >= 0.6 is 0 Å². The first-order valence-corrected chi connectivity index (χ1v) is 6.09. The monoisotopic (exact) mass is 254 g/mol. The van der Waals surface area contributed by atoms with Gasteiger partial charge in [0.2, 0.25) is 0 Å². The molecular weight excluding hydrogens is 238 g/mol. The molecule has 3 N–H and O–H groups in total. The molecule has 0 radical (unpaired) electrons. The van der Waals surface area contributed by atoms with E-state index in [4.69, 9.17) is 5.73 Å². The summed E-state index contributed by atoms with van der Waals surface area (Å²) in [5.41, 5.74) is 5.75. The zero-order chi connectivity index (χ0) is 13.1. The molecule has 0 heterocycles. The number of benzene rings is 1. The van der Waals surface area contributed by atoms with E-state index in [0.717, 1.165) is 37.8 Å². The fourth-order valence-corrected chi connectivity index (χ4v) is 2.26. The van der Waals surface area contributed by atoms with Gasteiger partial charge in [0.15, 0.2) is 0 Å². The van der Waals surface area contributed by atoms with Crippen molar-refractivity contribution in [1.29, 1.82) is 0 Å². The molecule has 0 unspecified atom stereocenters. The van der Waals surface area contributed by atoms with Crippen molar-refractivity contribution in [1.82, 2.24) is 5.32 Å². The van der Waals surface area contributed by atoms with Crippen LogP contribution in [0.3, 0.4) is 0 Å². The summed E-state index contributed by atoms with van der Waals surface area (Å²) in [7, 11) is 0. The van der Waals surface area contributed by atoms with E-state index in [1.165, 1.54) is 0 Å². The zero-order valence-electron chi connectivity index (χ0n) is 9.96. The third-order valence-corrected chi connectivity index (χ3v) is 3.31. The summed E-state index contributed by atoms with van der Waals surface area (Å²) >= 11 is 0. The average Bonchev–Trinajstić information content (AvgIpc) is 2.32. The van der Waals surface area contributed by atoms with Gasteiger partial charge in [0.1, 0.15) is 11.6 Å². The third-order valence-electron chi connectivity index (χ3n) is 3.31. The molecule has 5 heteroatoms. The molecule has 1 aliphatic carbocycles. The lowest BCUT2D eigenvalue weighted by molar-refractivity contribution is 0.0917. The summed E-state index contributed by atoms with van der Waals surface area (Å²) in [6.07, 6.45) is 3.72. The van der Waals surface area contributed by atoms with Crippen LogP contribution in [-0.2, 0) is 0 Å². The third kappa shape index (κ3) is 2.85. The Kier molecular flexibility index (Phi) is 3.91. The van der Waals surface area contributed by atoms with Crippen LogP contribution in [0.25, 0.3) is 0 Å². The number of amides is 1. The van der Waals surface area contributed by atoms with Crippen molar-refractivity contribution < 1.29 is 13.6 Å². The number of halogens is 2. The molecular formula is C13H16F2N2O. The Labute approximate surface area is 104 Å². The summed E-state index contributed by atoms with van der Waals surface area (Å²) < 4.78 is 26.2. The fraction of sp³-hybridized carbons (Fsp3) is 0.462. The van der Waals surface area contributed by atoms with E-state index in [9.17, 15) is 13.6 Å². The zero-order valence-corrected chi connectivity index (χ0v) is 9.96. The van der Waals surface area contributed by atoms with Crippen molar-refractivity contribution in [3.63, 3.8) is 0 Å². The second-order valence-electron chi connectivity index (χ2n) is 4.65. The molecule has 0 spiro atoms. The van der Waals surface area contributed by atoms with E-state index in [0.29, 0.717) is 6.07 Å². The largest absolute Gasteiger partial charge is 0.348 e. The highest BCUT2D eigenvalue weighted by Gasteiger charge is 2.24. The molecule has 1 aromatic carbocycles. The van der Waals surface area contributed by atoms with Crippen LogP contribution in [0, 0.1) is 11.6 Å². The molecule has 1 fully saturated rings. The number of hydrogen-bond acceptors (Lipinski definition) is 2. The maximum Gasteiger partial charge on any atom is 0.254 e. The Morgan fingerprint density at radius 1 is 1.28 bits per heavy atom. The van der Waals surface area contributed by atoms with Crippen LogP contribution in [0.5, 0.6) is 0 Å². The minimum absolute atomic E-state index is 0.0915. The molecule has 1 saturated carbocycles. The van der Waals surface area contributed by atoms with E-state index < -0.39 is 17.5 Å². The maximum atomic E-state index is 13.4. The molecule has 2 atom stereocenters. The van der Waals surface area contributed by atoms with Gasteiger partial charge >= 0.3 is 0 Å². The van der Waals surface area contributed by atoms with Crippen LogP contribution in [-0.4, -0.2) is 18.0 Å². The van der Waals surface area contributed by atoms with Crippen molar-refractivity contribution in [2.45, 2.75) is 37.8 Å². The Morgan fingerprint density at radius 3 is 2.67 bits per heavy atom. The number of carbonyl (C=O) groups excluding carboxylic acids is 1. The van der Waals surface area contributed by atoms with Gasteiger partial charge in [-0.1, -0.05) is 12.8 Å². The minimum Gasteiger partial charge on any atom is -0.348 e. The van der Waals surface area contributed by atoms with Gasteiger partial charge in [0, 0.05) is 18.2 Å². The Morgan fingerprint density at radius 2 is 2.00 bits per heavy atom. The second-order valence-corrected chi connectivity index (χ2v) is 4.65. The minimum atomic E-state index is -0.850. The second kappa shape index (κ2) is 5.44. The van der Waals surface area contributed by atoms with E-state index in [1.807, 2.05) is 0 Å². The predicted molar refractivity (Wildman–Crippen MR) is 64.1 cm³/mol. The molecule has 2 rings (SSSR count). The Bertz CT molecular complexity index is 451. The van der Waals surface area contributed by atoms with Crippen LogP contribution in [0.2, 0.25) is 0 Å². The first-order chi connectivity index (χ1) is 8.58. The van der Waals surface area contributed by atoms with Crippen LogP contribution in [0.1, 0.15) is 36.0 Å². The molecule has 1 aromatic rings. The van der Waals surface area contributed by atoms with Crippen molar-refractivity contribution >= 4 is 5.91 Å². The van der Waals surface area contributed by atoms with Gasteiger partial charge in [-0.3, -0.25) is 4.79 Å². The summed E-state index contributed by atoms with van der Waals surface area (Å²) in [5.74, 6) is -2.08. The van der Waals surface area contributed by atoms with Crippen molar-refractivity contribution in [2.75, 3.05) is 0 Å². The van der Waals surface area contributed by atoms with Gasteiger partial charge < -0.3 is 11.1 Å². The van der Waals surface area contributed by atoms with E-state index in [-0.39, 0.29) is 17.6 Å².